The van der Waals surface area contributed by atoms with Gasteiger partial charge in [0.2, 0.25) is 0 Å². The number of rotatable bonds is 3. The Morgan fingerprint density at radius 3 is 2.11 bits per heavy atom. The largest absolute Gasteiger partial charge is 0.456 e. The highest BCUT2D eigenvalue weighted by Crippen LogP contribution is 2.56. The van der Waals surface area contributed by atoms with Crippen LogP contribution in [0.15, 0.2) is 144 Å². The molecule has 8 aromatic rings. The summed E-state index contributed by atoms with van der Waals surface area (Å²) < 4.78 is 6.43. The molecule has 0 bridgehead atoms. The topological polar surface area (TPSA) is 16.4 Å². The maximum atomic E-state index is 6.43. The molecular formula is C43H29NO. The first-order valence-electron chi connectivity index (χ1n) is 15.7. The van der Waals surface area contributed by atoms with Crippen molar-refractivity contribution in [3.8, 4) is 33.4 Å². The molecule has 1 heterocycles. The Kier molecular flexibility index (Phi) is 4.82. The fourth-order valence-electron chi connectivity index (χ4n) is 8.17. The molecule has 2 aliphatic rings. The van der Waals surface area contributed by atoms with Gasteiger partial charge in [-0.25, -0.2) is 0 Å². The van der Waals surface area contributed by atoms with E-state index in [0.29, 0.717) is 0 Å². The van der Waals surface area contributed by atoms with Crippen molar-refractivity contribution >= 4 is 49.8 Å². The highest BCUT2D eigenvalue weighted by molar-refractivity contribution is 6.21. The standard InChI is InChI=1S/C43H29NO/c1-43(2)34-17-7-5-13-29(34)30-23-22-27(25-35(30)43)44(36-18-10-20-39-41(36)33-15-6-8-19-38(33)45-39)37-24-21-26-11-9-16-31-28-12-3-4-14-32(28)42(37)40(26)31/h3-25H,1-2H3. The van der Waals surface area contributed by atoms with Gasteiger partial charge in [-0.2, -0.15) is 0 Å². The second-order valence-corrected chi connectivity index (χ2v) is 12.9. The second-order valence-electron chi connectivity index (χ2n) is 12.9. The van der Waals surface area contributed by atoms with Gasteiger partial charge >= 0.3 is 0 Å². The van der Waals surface area contributed by atoms with E-state index in [-0.39, 0.29) is 5.41 Å². The lowest BCUT2D eigenvalue weighted by molar-refractivity contribution is 0.660. The average molecular weight is 576 g/mol. The van der Waals surface area contributed by atoms with Crippen LogP contribution in [0.1, 0.15) is 25.0 Å². The van der Waals surface area contributed by atoms with Crippen molar-refractivity contribution in [2.45, 2.75) is 19.3 Å². The molecule has 0 atom stereocenters. The molecule has 0 spiro atoms. The number of hydrogen-bond donors (Lipinski definition) is 0. The molecule has 2 aliphatic carbocycles. The zero-order valence-electron chi connectivity index (χ0n) is 25.1. The molecule has 0 N–H and O–H groups in total. The minimum Gasteiger partial charge on any atom is -0.456 e. The van der Waals surface area contributed by atoms with E-state index in [1.807, 2.05) is 6.07 Å². The minimum atomic E-state index is -0.109. The summed E-state index contributed by atoms with van der Waals surface area (Å²) in [6, 6.07) is 50.9. The van der Waals surface area contributed by atoms with Gasteiger partial charge in [0.25, 0.3) is 0 Å². The van der Waals surface area contributed by atoms with E-state index < -0.39 is 0 Å². The molecule has 10 rings (SSSR count). The third-order valence-corrected chi connectivity index (χ3v) is 10.2. The van der Waals surface area contributed by atoms with E-state index in [2.05, 4.69) is 152 Å². The van der Waals surface area contributed by atoms with Crippen LogP contribution in [-0.4, -0.2) is 0 Å². The fourth-order valence-corrected chi connectivity index (χ4v) is 8.17. The molecule has 1 aromatic heterocycles. The zero-order chi connectivity index (χ0) is 29.9. The molecule has 0 saturated carbocycles. The zero-order valence-corrected chi connectivity index (χ0v) is 25.1. The van der Waals surface area contributed by atoms with Gasteiger partial charge in [0.05, 0.1) is 16.8 Å². The summed E-state index contributed by atoms with van der Waals surface area (Å²) in [4.78, 5) is 2.48. The lowest BCUT2D eigenvalue weighted by atomic mass is 9.82. The number of para-hydroxylation sites is 1. The maximum Gasteiger partial charge on any atom is 0.137 e. The maximum absolute atomic E-state index is 6.43. The highest BCUT2D eigenvalue weighted by atomic mass is 16.3. The molecule has 2 nitrogen and oxygen atoms in total. The third-order valence-electron chi connectivity index (χ3n) is 10.2. The molecule has 45 heavy (non-hydrogen) atoms. The van der Waals surface area contributed by atoms with E-state index in [4.69, 9.17) is 4.42 Å². The summed E-state index contributed by atoms with van der Waals surface area (Å²) in [6.45, 7) is 4.71. The van der Waals surface area contributed by atoms with Gasteiger partial charge in [0.15, 0.2) is 0 Å². The molecule has 0 fully saturated rings. The summed E-state index contributed by atoms with van der Waals surface area (Å²) in [5.41, 5.74) is 15.7. The lowest BCUT2D eigenvalue weighted by Gasteiger charge is -2.30. The van der Waals surface area contributed by atoms with Crippen LogP contribution in [0, 0.1) is 0 Å². The van der Waals surface area contributed by atoms with E-state index in [1.54, 1.807) is 0 Å². The number of nitrogens with zero attached hydrogens (tertiary/aromatic N) is 1. The summed E-state index contributed by atoms with van der Waals surface area (Å²) >= 11 is 0. The second kappa shape index (κ2) is 8.74. The number of hydrogen-bond acceptors (Lipinski definition) is 2. The normalized spacial score (nSPS) is 13.7. The van der Waals surface area contributed by atoms with E-state index in [1.165, 1.54) is 61.0 Å². The van der Waals surface area contributed by atoms with Gasteiger partial charge in [-0.3, -0.25) is 0 Å². The first kappa shape index (κ1) is 24.8. The van der Waals surface area contributed by atoms with Crippen LogP contribution in [0.2, 0.25) is 0 Å². The van der Waals surface area contributed by atoms with E-state index in [0.717, 1.165) is 33.3 Å². The summed E-state index contributed by atoms with van der Waals surface area (Å²) in [7, 11) is 0. The van der Waals surface area contributed by atoms with Crippen LogP contribution in [0.4, 0.5) is 17.1 Å². The van der Waals surface area contributed by atoms with Crippen molar-refractivity contribution in [3.63, 3.8) is 0 Å². The molecule has 0 radical (unpaired) electrons. The molecule has 212 valence electrons. The van der Waals surface area contributed by atoms with Gasteiger partial charge < -0.3 is 9.32 Å². The molecule has 0 aliphatic heterocycles. The average Bonchev–Trinajstić information content (AvgIpc) is 3.70. The molecule has 0 unspecified atom stereocenters. The van der Waals surface area contributed by atoms with Crippen LogP contribution in [0.3, 0.4) is 0 Å². The Hall–Kier alpha value is -5.60. The van der Waals surface area contributed by atoms with Crippen LogP contribution in [-0.2, 0) is 5.41 Å². The Bertz CT molecular complexity index is 2530. The van der Waals surface area contributed by atoms with Crippen molar-refractivity contribution in [1.29, 1.82) is 0 Å². The van der Waals surface area contributed by atoms with Crippen molar-refractivity contribution in [3.05, 3.63) is 151 Å². The predicted octanol–water partition coefficient (Wildman–Crippen LogP) is 12.2. The Balaban J connectivity index is 1.32. The fraction of sp³-hybridized carbons (Fsp3) is 0.0698. The quantitative estimate of drug-likeness (QED) is 0.208. The predicted molar refractivity (Wildman–Crippen MR) is 188 cm³/mol. The monoisotopic (exact) mass is 575 g/mol. The number of benzene rings is 7. The van der Waals surface area contributed by atoms with Gasteiger partial charge in [-0.15, -0.1) is 0 Å². The van der Waals surface area contributed by atoms with Gasteiger partial charge in [0, 0.05) is 22.1 Å². The lowest BCUT2D eigenvalue weighted by Crippen LogP contribution is -2.17. The number of anilines is 3. The first-order chi connectivity index (χ1) is 22.1. The summed E-state index contributed by atoms with van der Waals surface area (Å²) in [6.07, 6.45) is 0. The SMILES string of the molecule is CC1(C)c2ccccc2-c2ccc(N(c3ccc4cccc5c4c3-c3ccccc3-5)c3cccc4oc5ccccc5c34)cc21. The molecule has 0 saturated heterocycles. The number of furan rings is 1. The molecule has 0 amide bonds. The van der Waals surface area contributed by atoms with E-state index in [9.17, 15) is 0 Å². The third kappa shape index (κ3) is 3.24. The van der Waals surface area contributed by atoms with Crippen molar-refractivity contribution in [1.82, 2.24) is 0 Å². The Morgan fingerprint density at radius 2 is 1.20 bits per heavy atom. The van der Waals surface area contributed by atoms with E-state index >= 15 is 0 Å². The minimum absolute atomic E-state index is 0.109. The molecule has 7 aromatic carbocycles. The highest BCUT2D eigenvalue weighted by Gasteiger charge is 2.36. The molecular weight excluding hydrogens is 546 g/mol. The number of fused-ring (bicyclic) bond motifs is 9. The van der Waals surface area contributed by atoms with Gasteiger partial charge in [-0.05, 0) is 86.1 Å². The first-order valence-corrected chi connectivity index (χ1v) is 15.7. The van der Waals surface area contributed by atoms with Crippen LogP contribution in [0.25, 0.3) is 66.1 Å². The van der Waals surface area contributed by atoms with Crippen LogP contribution >= 0.6 is 0 Å². The van der Waals surface area contributed by atoms with Gasteiger partial charge in [0.1, 0.15) is 11.2 Å². The molecule has 2 heteroatoms. The van der Waals surface area contributed by atoms with Crippen molar-refractivity contribution in [2.24, 2.45) is 0 Å². The van der Waals surface area contributed by atoms with Crippen molar-refractivity contribution < 1.29 is 4.42 Å². The Morgan fingerprint density at radius 1 is 0.489 bits per heavy atom. The Labute approximate surface area is 261 Å². The summed E-state index contributed by atoms with van der Waals surface area (Å²) in [5.74, 6) is 0. The van der Waals surface area contributed by atoms with Crippen LogP contribution < -0.4 is 4.90 Å². The summed E-state index contributed by atoms with van der Waals surface area (Å²) in [5, 5.41) is 4.84. The van der Waals surface area contributed by atoms with Gasteiger partial charge in [-0.1, -0.05) is 117 Å². The van der Waals surface area contributed by atoms with Crippen molar-refractivity contribution in [2.75, 3.05) is 4.90 Å². The van der Waals surface area contributed by atoms with Crippen LogP contribution in [0.5, 0.6) is 0 Å². The smallest absolute Gasteiger partial charge is 0.137 e.